The largest absolute Gasteiger partial charge is 0.496 e. The number of benzene rings is 1. The summed E-state index contributed by atoms with van der Waals surface area (Å²) < 4.78 is 17.1. The van der Waals surface area contributed by atoms with Crippen LogP contribution in [0, 0.1) is 0 Å². The Hall–Kier alpha value is -2.09. The molecule has 7 nitrogen and oxygen atoms in total. The molecule has 0 aliphatic heterocycles. The molecule has 0 spiro atoms. The van der Waals surface area contributed by atoms with Gasteiger partial charge in [0.15, 0.2) is 5.79 Å². The molecule has 2 unspecified atom stereocenters. The molecule has 126 valence electrons. The number of aliphatic hydroxyl groups excluding tert-OH is 1. The number of rotatable bonds is 6. The zero-order valence-corrected chi connectivity index (χ0v) is 13.6. The van der Waals surface area contributed by atoms with E-state index >= 15 is 0 Å². The molecule has 0 radical (unpaired) electrons. The van der Waals surface area contributed by atoms with Crippen molar-refractivity contribution in [3.63, 3.8) is 0 Å². The standard InChI is InChI=1S/C16H21NO6/c1-16(20,22-4)13(18)9-23-11-7-5-6-10-12(21-3)8-14(19)17(2)15(10)11/h5-8,13,18,20H,9H2,1-4H3. The fraction of sp³-hybridized carbons (Fsp3) is 0.438. The lowest BCUT2D eigenvalue weighted by molar-refractivity contribution is -0.235. The van der Waals surface area contributed by atoms with E-state index < -0.39 is 11.9 Å². The number of hydrogen-bond acceptors (Lipinski definition) is 6. The Labute approximate surface area is 133 Å². The summed E-state index contributed by atoms with van der Waals surface area (Å²) in [6.45, 7) is 1.13. The number of ether oxygens (including phenoxy) is 3. The molecule has 2 atom stereocenters. The van der Waals surface area contributed by atoms with Gasteiger partial charge in [-0.25, -0.2) is 0 Å². The number of fused-ring (bicyclic) bond motifs is 1. The average molecular weight is 323 g/mol. The van der Waals surface area contributed by atoms with Crippen molar-refractivity contribution >= 4 is 10.9 Å². The molecule has 0 bridgehead atoms. The first-order valence-corrected chi connectivity index (χ1v) is 7.07. The number of aliphatic hydroxyl groups is 2. The van der Waals surface area contributed by atoms with E-state index in [-0.39, 0.29) is 12.2 Å². The molecule has 23 heavy (non-hydrogen) atoms. The summed E-state index contributed by atoms with van der Waals surface area (Å²) in [6, 6.07) is 6.64. The Morgan fingerprint density at radius 2 is 2.00 bits per heavy atom. The van der Waals surface area contributed by atoms with E-state index in [9.17, 15) is 15.0 Å². The molecule has 7 heteroatoms. The lowest BCUT2D eigenvalue weighted by atomic mass is 10.1. The summed E-state index contributed by atoms with van der Waals surface area (Å²) in [5, 5.41) is 20.5. The van der Waals surface area contributed by atoms with Gasteiger partial charge in [-0.05, 0) is 19.1 Å². The molecule has 0 fully saturated rings. The molecule has 1 heterocycles. The number of para-hydroxylation sites is 1. The van der Waals surface area contributed by atoms with Gasteiger partial charge >= 0.3 is 0 Å². The third-order valence-electron chi connectivity index (χ3n) is 3.83. The van der Waals surface area contributed by atoms with Gasteiger partial charge in [-0.1, -0.05) is 6.07 Å². The van der Waals surface area contributed by atoms with Gasteiger partial charge in [-0.3, -0.25) is 4.79 Å². The monoisotopic (exact) mass is 323 g/mol. The van der Waals surface area contributed by atoms with Gasteiger partial charge in [0.05, 0.1) is 12.6 Å². The lowest BCUT2D eigenvalue weighted by Crippen LogP contribution is -2.44. The summed E-state index contributed by atoms with van der Waals surface area (Å²) in [6.07, 6.45) is -1.26. The molecular weight excluding hydrogens is 302 g/mol. The highest BCUT2D eigenvalue weighted by molar-refractivity contribution is 5.90. The van der Waals surface area contributed by atoms with Crippen LogP contribution in [0.15, 0.2) is 29.1 Å². The van der Waals surface area contributed by atoms with Crippen LogP contribution in [0.5, 0.6) is 11.5 Å². The third-order valence-corrected chi connectivity index (χ3v) is 3.83. The number of pyridine rings is 1. The van der Waals surface area contributed by atoms with Crippen molar-refractivity contribution in [2.45, 2.75) is 18.8 Å². The van der Waals surface area contributed by atoms with E-state index in [2.05, 4.69) is 0 Å². The summed E-state index contributed by atoms with van der Waals surface area (Å²) in [4.78, 5) is 12.0. The van der Waals surface area contributed by atoms with Gasteiger partial charge in [-0.15, -0.1) is 0 Å². The van der Waals surface area contributed by atoms with Crippen LogP contribution in [0.1, 0.15) is 6.92 Å². The van der Waals surface area contributed by atoms with Crippen molar-refractivity contribution in [3.05, 3.63) is 34.6 Å². The maximum absolute atomic E-state index is 12.0. The van der Waals surface area contributed by atoms with Crippen molar-refractivity contribution < 1.29 is 24.4 Å². The molecular formula is C16H21NO6. The van der Waals surface area contributed by atoms with Crippen LogP contribution >= 0.6 is 0 Å². The maximum atomic E-state index is 12.0. The number of aryl methyl sites for hydroxylation is 1. The van der Waals surface area contributed by atoms with Gasteiger partial charge < -0.3 is 29.0 Å². The second kappa shape index (κ2) is 6.57. The zero-order chi connectivity index (χ0) is 17.2. The van der Waals surface area contributed by atoms with Crippen molar-refractivity contribution in [1.29, 1.82) is 0 Å². The Morgan fingerprint density at radius 1 is 1.30 bits per heavy atom. The Kier molecular flexibility index (Phi) is 4.93. The smallest absolute Gasteiger partial charge is 0.254 e. The van der Waals surface area contributed by atoms with Crippen LogP contribution in [0.4, 0.5) is 0 Å². The van der Waals surface area contributed by atoms with Gasteiger partial charge in [0, 0.05) is 25.6 Å². The minimum atomic E-state index is -1.73. The Balaban J connectivity index is 2.42. The van der Waals surface area contributed by atoms with Gasteiger partial charge in [0.25, 0.3) is 5.56 Å². The molecule has 0 saturated heterocycles. The Bertz CT molecular complexity index is 752. The van der Waals surface area contributed by atoms with Crippen molar-refractivity contribution in [2.24, 2.45) is 7.05 Å². The zero-order valence-electron chi connectivity index (χ0n) is 13.6. The summed E-state index contributed by atoms with van der Waals surface area (Å²) >= 11 is 0. The molecule has 0 saturated carbocycles. The van der Waals surface area contributed by atoms with Crippen molar-refractivity contribution in [3.8, 4) is 11.5 Å². The minimum absolute atomic E-state index is 0.203. The molecule has 0 amide bonds. The van der Waals surface area contributed by atoms with Crippen LogP contribution in [-0.2, 0) is 11.8 Å². The summed E-state index contributed by atoms with van der Waals surface area (Å²) in [5.41, 5.74) is 0.302. The second-order valence-corrected chi connectivity index (χ2v) is 5.35. The van der Waals surface area contributed by atoms with Crippen molar-refractivity contribution in [1.82, 2.24) is 4.57 Å². The van der Waals surface area contributed by atoms with Crippen LogP contribution in [0.3, 0.4) is 0 Å². The highest BCUT2D eigenvalue weighted by atomic mass is 16.6. The summed E-state index contributed by atoms with van der Waals surface area (Å²) in [7, 11) is 4.40. The molecule has 2 aromatic rings. The number of hydrogen-bond donors (Lipinski definition) is 2. The maximum Gasteiger partial charge on any atom is 0.254 e. The van der Waals surface area contributed by atoms with Gasteiger partial charge in [0.1, 0.15) is 24.2 Å². The van der Waals surface area contributed by atoms with E-state index in [0.717, 1.165) is 0 Å². The molecule has 1 aromatic heterocycles. The highest BCUT2D eigenvalue weighted by Gasteiger charge is 2.30. The number of nitrogens with zero attached hydrogens (tertiary/aromatic N) is 1. The van der Waals surface area contributed by atoms with E-state index in [1.807, 2.05) is 6.07 Å². The molecule has 0 aliphatic rings. The molecule has 0 aliphatic carbocycles. The van der Waals surface area contributed by atoms with E-state index in [0.29, 0.717) is 22.4 Å². The van der Waals surface area contributed by atoms with E-state index in [1.54, 1.807) is 19.2 Å². The predicted octanol–water partition coefficient (Wildman–Crippen LogP) is 0.642. The molecule has 1 aromatic carbocycles. The van der Waals surface area contributed by atoms with Gasteiger partial charge in [-0.2, -0.15) is 0 Å². The fourth-order valence-electron chi connectivity index (χ4n) is 2.21. The second-order valence-electron chi connectivity index (χ2n) is 5.35. The molecule has 2 N–H and O–H groups in total. The van der Waals surface area contributed by atoms with E-state index in [4.69, 9.17) is 14.2 Å². The first kappa shape index (κ1) is 17.3. The molecule has 2 rings (SSSR count). The third kappa shape index (κ3) is 3.31. The number of aromatic nitrogens is 1. The average Bonchev–Trinajstić information content (AvgIpc) is 2.55. The summed E-state index contributed by atoms with van der Waals surface area (Å²) in [5.74, 6) is -0.890. The normalized spacial score (nSPS) is 15.2. The predicted molar refractivity (Wildman–Crippen MR) is 84.9 cm³/mol. The quantitative estimate of drug-likeness (QED) is 0.758. The first-order valence-electron chi connectivity index (χ1n) is 7.07. The van der Waals surface area contributed by atoms with E-state index in [1.165, 1.54) is 31.8 Å². The van der Waals surface area contributed by atoms with Crippen LogP contribution in [0.25, 0.3) is 10.9 Å². The van der Waals surface area contributed by atoms with Crippen LogP contribution in [-0.4, -0.2) is 47.5 Å². The first-order chi connectivity index (χ1) is 10.8. The lowest BCUT2D eigenvalue weighted by Gasteiger charge is -2.27. The van der Waals surface area contributed by atoms with Crippen LogP contribution < -0.4 is 15.0 Å². The minimum Gasteiger partial charge on any atom is -0.496 e. The number of methoxy groups -OCH3 is 2. The topological polar surface area (TPSA) is 90.2 Å². The fourth-order valence-corrected chi connectivity index (χ4v) is 2.21. The van der Waals surface area contributed by atoms with Crippen molar-refractivity contribution in [2.75, 3.05) is 20.8 Å². The SMILES string of the molecule is COc1cc(=O)n(C)c2c(OCC(O)C(C)(O)OC)cccc12. The van der Waals surface area contributed by atoms with Crippen LogP contribution in [0.2, 0.25) is 0 Å². The highest BCUT2D eigenvalue weighted by Crippen LogP contribution is 2.30. The Morgan fingerprint density at radius 3 is 2.61 bits per heavy atom. The van der Waals surface area contributed by atoms with Gasteiger partial charge in [0.2, 0.25) is 0 Å².